The molecule has 0 spiro atoms. The Bertz CT molecular complexity index is 908. The van der Waals surface area contributed by atoms with E-state index in [4.69, 9.17) is 4.42 Å². The highest BCUT2D eigenvalue weighted by Crippen LogP contribution is 2.32. The van der Waals surface area contributed by atoms with Crippen LogP contribution in [0, 0.1) is 0 Å². The van der Waals surface area contributed by atoms with Crippen LogP contribution in [-0.4, -0.2) is 15.1 Å². The summed E-state index contributed by atoms with van der Waals surface area (Å²) in [6.07, 6.45) is 7.07. The monoisotopic (exact) mass is 276 g/mol. The molecule has 0 fully saturated rings. The second-order valence-electron chi connectivity index (χ2n) is 4.88. The molecule has 0 bridgehead atoms. The van der Waals surface area contributed by atoms with Gasteiger partial charge in [-0.15, -0.1) is 0 Å². The van der Waals surface area contributed by atoms with Crippen LogP contribution in [-0.2, 0) is 0 Å². The molecule has 2 N–H and O–H groups in total. The molecule has 0 atom stereocenters. The number of aromatic nitrogens is 2. The minimum atomic E-state index is 0.251. The van der Waals surface area contributed by atoms with E-state index < -0.39 is 0 Å². The summed E-state index contributed by atoms with van der Waals surface area (Å²) < 4.78 is 5.12. The van der Waals surface area contributed by atoms with E-state index in [2.05, 4.69) is 16.0 Å². The van der Waals surface area contributed by atoms with E-state index in [1.807, 2.05) is 30.6 Å². The van der Waals surface area contributed by atoms with Gasteiger partial charge in [-0.05, 0) is 29.8 Å². The van der Waals surface area contributed by atoms with Crippen molar-refractivity contribution in [1.82, 2.24) is 9.97 Å². The fraction of sp³-hybridized carbons (Fsp3) is 0. The van der Waals surface area contributed by atoms with Crippen molar-refractivity contribution in [2.45, 2.75) is 0 Å². The van der Waals surface area contributed by atoms with Gasteiger partial charge in [0.2, 0.25) is 0 Å². The van der Waals surface area contributed by atoms with Gasteiger partial charge < -0.3 is 14.5 Å². The molecule has 21 heavy (non-hydrogen) atoms. The number of H-pyrrole nitrogens is 1. The molecule has 0 unspecified atom stereocenters. The van der Waals surface area contributed by atoms with Gasteiger partial charge >= 0.3 is 0 Å². The van der Waals surface area contributed by atoms with Gasteiger partial charge in [-0.25, -0.2) is 4.98 Å². The third-order valence-electron chi connectivity index (χ3n) is 3.54. The van der Waals surface area contributed by atoms with Crippen molar-refractivity contribution >= 4 is 11.0 Å². The maximum atomic E-state index is 9.65. The van der Waals surface area contributed by atoms with Crippen molar-refractivity contribution in [3.05, 3.63) is 61.3 Å². The second-order valence-corrected chi connectivity index (χ2v) is 4.88. The first kappa shape index (κ1) is 11.8. The molecule has 0 amide bonds. The van der Waals surface area contributed by atoms with E-state index in [-0.39, 0.29) is 5.75 Å². The molecule has 4 heteroatoms. The number of pyridine rings is 1. The van der Waals surface area contributed by atoms with Crippen molar-refractivity contribution in [1.29, 1.82) is 0 Å². The normalized spacial score (nSPS) is 11.0. The number of aromatic hydroxyl groups is 1. The molecule has 0 saturated carbocycles. The lowest BCUT2D eigenvalue weighted by molar-refractivity contribution is 0.475. The van der Waals surface area contributed by atoms with Gasteiger partial charge in [0.1, 0.15) is 11.4 Å². The average molecular weight is 276 g/mol. The van der Waals surface area contributed by atoms with Crippen molar-refractivity contribution in [3.8, 4) is 28.0 Å². The fourth-order valence-corrected chi connectivity index (χ4v) is 2.50. The molecule has 0 saturated heterocycles. The minimum absolute atomic E-state index is 0.251. The number of fused-ring (bicyclic) bond motifs is 1. The summed E-state index contributed by atoms with van der Waals surface area (Å²) in [4.78, 5) is 7.61. The molecule has 0 aliphatic rings. The van der Waals surface area contributed by atoms with Gasteiger partial charge in [-0.3, -0.25) is 0 Å². The molecule has 0 radical (unpaired) electrons. The lowest BCUT2D eigenvalue weighted by Gasteiger charge is -2.02. The molecule has 3 aromatic heterocycles. The summed E-state index contributed by atoms with van der Waals surface area (Å²) in [7, 11) is 0. The maximum absolute atomic E-state index is 9.65. The molecule has 0 aliphatic heterocycles. The standard InChI is InChI=1S/C17H12N2O2/c20-14-3-1-2-11(6-14)16-9-19-17-15(16)7-13(8-18-17)12-4-5-21-10-12/h1-10,20H,(H,18,19). The topological polar surface area (TPSA) is 62.0 Å². The van der Waals surface area contributed by atoms with Crippen LogP contribution in [0.25, 0.3) is 33.3 Å². The molecule has 4 rings (SSSR count). The SMILES string of the molecule is Oc1cccc(-c2c[nH]c3ncc(-c4ccoc4)cc23)c1. The Morgan fingerprint density at radius 2 is 2.00 bits per heavy atom. The van der Waals surface area contributed by atoms with E-state index in [1.54, 1.807) is 24.7 Å². The van der Waals surface area contributed by atoms with Gasteiger partial charge in [0.05, 0.1) is 12.5 Å². The first-order valence-electron chi connectivity index (χ1n) is 6.60. The predicted molar refractivity (Wildman–Crippen MR) is 80.9 cm³/mol. The average Bonchev–Trinajstić information content (AvgIpc) is 3.16. The van der Waals surface area contributed by atoms with Gasteiger partial charge in [-0.1, -0.05) is 12.1 Å². The van der Waals surface area contributed by atoms with Crippen LogP contribution in [0.2, 0.25) is 0 Å². The van der Waals surface area contributed by atoms with Gasteiger partial charge in [0.15, 0.2) is 0 Å². The zero-order chi connectivity index (χ0) is 14.2. The summed E-state index contributed by atoms with van der Waals surface area (Å²) in [6.45, 7) is 0. The van der Waals surface area contributed by atoms with Crippen molar-refractivity contribution < 1.29 is 9.52 Å². The Hall–Kier alpha value is -3.01. The lowest BCUT2D eigenvalue weighted by Crippen LogP contribution is -1.81. The molecular formula is C17H12N2O2. The number of benzene rings is 1. The van der Waals surface area contributed by atoms with Crippen LogP contribution in [0.15, 0.2) is 65.7 Å². The molecule has 4 aromatic rings. The van der Waals surface area contributed by atoms with Gasteiger partial charge in [0, 0.05) is 34.5 Å². The number of phenols is 1. The molecule has 4 nitrogen and oxygen atoms in total. The zero-order valence-corrected chi connectivity index (χ0v) is 11.1. The molecule has 102 valence electrons. The van der Waals surface area contributed by atoms with E-state index in [1.165, 1.54) is 0 Å². The summed E-state index contributed by atoms with van der Waals surface area (Å²) in [5.74, 6) is 0.251. The summed E-state index contributed by atoms with van der Waals surface area (Å²) in [5, 5.41) is 10.7. The number of hydrogen-bond acceptors (Lipinski definition) is 3. The number of phenolic OH excluding ortho intramolecular Hbond substituents is 1. The van der Waals surface area contributed by atoms with Gasteiger partial charge in [0.25, 0.3) is 0 Å². The first-order valence-corrected chi connectivity index (χ1v) is 6.60. The van der Waals surface area contributed by atoms with Crippen LogP contribution in [0.4, 0.5) is 0 Å². The Labute approximate surface area is 120 Å². The number of nitrogens with one attached hydrogen (secondary N) is 1. The Morgan fingerprint density at radius 3 is 2.81 bits per heavy atom. The first-order chi connectivity index (χ1) is 10.3. The van der Waals surface area contributed by atoms with E-state index in [0.29, 0.717) is 0 Å². The third-order valence-corrected chi connectivity index (χ3v) is 3.54. The zero-order valence-electron chi connectivity index (χ0n) is 11.1. The quantitative estimate of drug-likeness (QED) is 0.577. The smallest absolute Gasteiger partial charge is 0.137 e. The van der Waals surface area contributed by atoms with Crippen LogP contribution >= 0.6 is 0 Å². The van der Waals surface area contributed by atoms with Gasteiger partial charge in [-0.2, -0.15) is 0 Å². The Kier molecular flexibility index (Phi) is 2.54. The minimum Gasteiger partial charge on any atom is -0.508 e. The predicted octanol–water partition coefficient (Wildman–Crippen LogP) is 4.20. The Morgan fingerprint density at radius 1 is 1.05 bits per heavy atom. The van der Waals surface area contributed by atoms with E-state index >= 15 is 0 Å². The number of nitrogens with zero attached hydrogens (tertiary/aromatic N) is 1. The van der Waals surface area contributed by atoms with Crippen LogP contribution in [0.1, 0.15) is 0 Å². The fourth-order valence-electron chi connectivity index (χ4n) is 2.50. The number of hydrogen-bond donors (Lipinski definition) is 2. The van der Waals surface area contributed by atoms with Crippen LogP contribution < -0.4 is 0 Å². The van der Waals surface area contributed by atoms with Crippen molar-refractivity contribution in [2.24, 2.45) is 0 Å². The molecule has 0 aliphatic carbocycles. The number of rotatable bonds is 2. The summed E-state index contributed by atoms with van der Waals surface area (Å²) >= 11 is 0. The second kappa shape index (κ2) is 4.52. The largest absolute Gasteiger partial charge is 0.508 e. The lowest BCUT2D eigenvalue weighted by atomic mass is 10.0. The van der Waals surface area contributed by atoms with Crippen molar-refractivity contribution in [3.63, 3.8) is 0 Å². The Balaban J connectivity index is 1.92. The number of aromatic amines is 1. The van der Waals surface area contributed by atoms with E-state index in [0.717, 1.165) is 33.3 Å². The third kappa shape index (κ3) is 1.97. The van der Waals surface area contributed by atoms with Crippen LogP contribution in [0.3, 0.4) is 0 Å². The summed E-state index contributed by atoms with van der Waals surface area (Å²) in [6, 6.07) is 11.2. The molecular weight excluding hydrogens is 264 g/mol. The highest BCUT2D eigenvalue weighted by molar-refractivity contribution is 5.95. The molecule has 1 aromatic carbocycles. The highest BCUT2D eigenvalue weighted by atomic mass is 16.3. The van der Waals surface area contributed by atoms with Crippen molar-refractivity contribution in [2.75, 3.05) is 0 Å². The number of furan rings is 1. The highest BCUT2D eigenvalue weighted by Gasteiger charge is 2.09. The van der Waals surface area contributed by atoms with Crippen LogP contribution in [0.5, 0.6) is 5.75 Å². The maximum Gasteiger partial charge on any atom is 0.137 e. The summed E-state index contributed by atoms with van der Waals surface area (Å²) in [5.41, 5.74) is 4.77. The van der Waals surface area contributed by atoms with E-state index in [9.17, 15) is 5.11 Å². The molecule has 3 heterocycles.